The lowest BCUT2D eigenvalue weighted by atomic mass is 10.1. The number of likely N-dealkylation sites (tertiary alicyclic amines) is 1. The highest BCUT2D eigenvalue weighted by molar-refractivity contribution is 5.68. The molecule has 0 saturated carbocycles. The van der Waals surface area contributed by atoms with Gasteiger partial charge in [-0.1, -0.05) is 30.3 Å². The van der Waals surface area contributed by atoms with Crippen LogP contribution in [0.15, 0.2) is 30.3 Å². The Hall–Kier alpha value is -1.62. The summed E-state index contributed by atoms with van der Waals surface area (Å²) < 4.78 is 18.5. The minimum atomic E-state index is -0.544. The number of benzene rings is 1. The molecule has 1 aromatic rings. The number of hydrogen-bond acceptors (Lipinski definition) is 3. The van der Waals surface area contributed by atoms with E-state index in [2.05, 4.69) is 22.3 Å². The summed E-state index contributed by atoms with van der Waals surface area (Å²) in [4.78, 5) is 14.0. The summed E-state index contributed by atoms with van der Waals surface area (Å²) in [5.74, 6) is -0.184. The molecule has 1 heterocycles. The van der Waals surface area contributed by atoms with Crippen LogP contribution >= 0.6 is 0 Å². The molecule has 0 spiro atoms. The number of alkyl halides is 1. The highest BCUT2D eigenvalue weighted by Crippen LogP contribution is 2.20. The third-order valence-corrected chi connectivity index (χ3v) is 3.67. The Bertz CT molecular complexity index is 487. The zero-order chi connectivity index (χ0) is 16.2. The molecule has 22 heavy (non-hydrogen) atoms. The molecule has 1 amide bonds. The van der Waals surface area contributed by atoms with Gasteiger partial charge in [0.15, 0.2) is 0 Å². The molecule has 1 aliphatic heterocycles. The van der Waals surface area contributed by atoms with Crippen LogP contribution < -0.4 is 5.32 Å². The molecule has 0 unspecified atom stereocenters. The van der Waals surface area contributed by atoms with Crippen molar-refractivity contribution in [3.8, 4) is 0 Å². The molecule has 4 nitrogen and oxygen atoms in total. The number of rotatable bonds is 4. The van der Waals surface area contributed by atoms with Crippen LogP contribution in [0.25, 0.3) is 0 Å². The van der Waals surface area contributed by atoms with E-state index < -0.39 is 18.4 Å². The predicted molar refractivity (Wildman–Crippen MR) is 84.3 cm³/mol. The maximum absolute atomic E-state index is 13.2. The molecule has 0 radical (unpaired) electrons. The fourth-order valence-electron chi connectivity index (χ4n) is 2.71. The monoisotopic (exact) mass is 308 g/mol. The summed E-state index contributed by atoms with van der Waals surface area (Å²) in [5, 5.41) is 2.81. The zero-order valence-corrected chi connectivity index (χ0v) is 13.5. The van der Waals surface area contributed by atoms with Crippen LogP contribution in [0.5, 0.6) is 0 Å². The van der Waals surface area contributed by atoms with Gasteiger partial charge in [-0.3, -0.25) is 9.29 Å². The number of nitrogens with zero attached hydrogens (tertiary/aromatic N) is 1. The van der Waals surface area contributed by atoms with Crippen molar-refractivity contribution in [2.45, 2.75) is 39.0 Å². The van der Waals surface area contributed by atoms with Crippen molar-refractivity contribution in [2.24, 2.45) is 5.92 Å². The minimum absolute atomic E-state index is 0.184. The van der Waals surface area contributed by atoms with E-state index >= 15 is 0 Å². The summed E-state index contributed by atoms with van der Waals surface area (Å²) in [6, 6.07) is 9.87. The second-order valence-corrected chi connectivity index (χ2v) is 6.85. The van der Waals surface area contributed by atoms with Crippen molar-refractivity contribution in [1.29, 1.82) is 0 Å². The quantitative estimate of drug-likeness (QED) is 0.930. The minimum Gasteiger partial charge on any atom is -0.444 e. The van der Waals surface area contributed by atoms with Crippen molar-refractivity contribution >= 4 is 6.09 Å². The topological polar surface area (TPSA) is 41.6 Å². The van der Waals surface area contributed by atoms with Gasteiger partial charge in [0, 0.05) is 25.6 Å². The molecule has 1 aliphatic rings. The van der Waals surface area contributed by atoms with Crippen LogP contribution in [-0.4, -0.2) is 42.4 Å². The number of nitrogens with one attached hydrogen (secondary N) is 1. The van der Waals surface area contributed by atoms with Crippen molar-refractivity contribution < 1.29 is 13.9 Å². The highest BCUT2D eigenvalue weighted by atomic mass is 19.1. The van der Waals surface area contributed by atoms with Gasteiger partial charge in [0.25, 0.3) is 0 Å². The molecule has 5 heteroatoms. The summed E-state index contributed by atoms with van der Waals surface area (Å²) in [5.41, 5.74) is 0.649. The summed E-state index contributed by atoms with van der Waals surface area (Å²) in [7, 11) is 0. The first-order valence-electron chi connectivity index (χ1n) is 7.69. The molecule has 0 aliphatic carbocycles. The predicted octanol–water partition coefficient (Wildman–Crippen LogP) is 2.98. The molecule has 1 saturated heterocycles. The lowest BCUT2D eigenvalue weighted by Gasteiger charge is -2.23. The van der Waals surface area contributed by atoms with Crippen molar-refractivity contribution in [1.82, 2.24) is 10.2 Å². The number of ether oxygens (including phenoxy) is 1. The molecule has 0 bridgehead atoms. The molecule has 1 N–H and O–H groups in total. The van der Waals surface area contributed by atoms with E-state index in [1.54, 1.807) is 0 Å². The second-order valence-electron chi connectivity index (χ2n) is 6.85. The average Bonchev–Trinajstić information content (AvgIpc) is 2.79. The lowest BCUT2D eigenvalue weighted by Crippen LogP contribution is -2.43. The first kappa shape index (κ1) is 16.7. The Morgan fingerprint density at radius 1 is 1.32 bits per heavy atom. The molecular weight excluding hydrogens is 283 g/mol. The van der Waals surface area contributed by atoms with E-state index in [-0.39, 0.29) is 12.0 Å². The van der Waals surface area contributed by atoms with E-state index in [1.165, 1.54) is 5.56 Å². The Balaban J connectivity index is 1.90. The third-order valence-electron chi connectivity index (χ3n) is 3.67. The molecule has 0 aromatic heterocycles. The Morgan fingerprint density at radius 3 is 2.59 bits per heavy atom. The first-order valence-corrected chi connectivity index (χ1v) is 7.69. The van der Waals surface area contributed by atoms with Gasteiger partial charge in [-0.25, -0.2) is 4.79 Å². The molecule has 2 atom stereocenters. The number of amides is 1. The van der Waals surface area contributed by atoms with Crippen LogP contribution in [-0.2, 0) is 11.3 Å². The third kappa shape index (κ3) is 4.98. The SMILES string of the molecule is CC(C)(C)OC(=O)N[C@H]1CN(Cc2ccccc2)C[C@H]1CF. The van der Waals surface area contributed by atoms with E-state index in [9.17, 15) is 9.18 Å². The largest absolute Gasteiger partial charge is 0.444 e. The van der Waals surface area contributed by atoms with Gasteiger partial charge < -0.3 is 10.1 Å². The first-order chi connectivity index (χ1) is 10.4. The Kier molecular flexibility index (Phi) is 5.40. The van der Waals surface area contributed by atoms with Gasteiger partial charge in [-0.05, 0) is 26.3 Å². The smallest absolute Gasteiger partial charge is 0.407 e. The molecular formula is C17H25FN2O2. The normalized spacial score (nSPS) is 22.5. The van der Waals surface area contributed by atoms with E-state index in [0.29, 0.717) is 13.1 Å². The fourth-order valence-corrected chi connectivity index (χ4v) is 2.71. The van der Waals surface area contributed by atoms with Crippen molar-refractivity contribution in [3.63, 3.8) is 0 Å². The standard InChI is InChI=1S/C17H25FN2O2/c1-17(2,3)22-16(21)19-15-12-20(11-14(15)9-18)10-13-7-5-4-6-8-13/h4-8,14-15H,9-12H2,1-3H3,(H,19,21)/t14-,15+/m1/s1. The average molecular weight is 308 g/mol. The van der Waals surface area contributed by atoms with E-state index in [4.69, 9.17) is 4.74 Å². The van der Waals surface area contributed by atoms with Crippen LogP contribution in [0.4, 0.5) is 9.18 Å². The summed E-state index contributed by atoms with van der Waals surface area (Å²) in [6.07, 6.45) is -0.475. The van der Waals surface area contributed by atoms with Gasteiger partial charge in [0.2, 0.25) is 0 Å². The van der Waals surface area contributed by atoms with E-state index in [0.717, 1.165) is 6.54 Å². The van der Waals surface area contributed by atoms with Crippen LogP contribution in [0, 0.1) is 5.92 Å². The van der Waals surface area contributed by atoms with Crippen LogP contribution in [0.3, 0.4) is 0 Å². The lowest BCUT2D eigenvalue weighted by molar-refractivity contribution is 0.0493. The Labute approximate surface area is 131 Å². The molecule has 2 rings (SSSR count). The maximum atomic E-state index is 13.2. The number of halogens is 1. The molecule has 1 fully saturated rings. The van der Waals surface area contributed by atoms with Crippen molar-refractivity contribution in [2.75, 3.05) is 19.8 Å². The molecule has 1 aromatic carbocycles. The number of hydrogen-bond donors (Lipinski definition) is 1. The molecule has 122 valence electrons. The van der Waals surface area contributed by atoms with Gasteiger partial charge in [0.1, 0.15) is 5.60 Å². The van der Waals surface area contributed by atoms with E-state index in [1.807, 2.05) is 39.0 Å². The summed E-state index contributed by atoms with van der Waals surface area (Å²) in [6.45, 7) is 7.06. The second kappa shape index (κ2) is 7.09. The summed E-state index contributed by atoms with van der Waals surface area (Å²) >= 11 is 0. The van der Waals surface area contributed by atoms with Gasteiger partial charge >= 0.3 is 6.09 Å². The van der Waals surface area contributed by atoms with Gasteiger partial charge in [-0.2, -0.15) is 0 Å². The Morgan fingerprint density at radius 2 is 2.00 bits per heavy atom. The van der Waals surface area contributed by atoms with Gasteiger partial charge in [-0.15, -0.1) is 0 Å². The van der Waals surface area contributed by atoms with Crippen LogP contribution in [0.1, 0.15) is 26.3 Å². The van der Waals surface area contributed by atoms with Gasteiger partial charge in [0.05, 0.1) is 12.7 Å². The van der Waals surface area contributed by atoms with Crippen molar-refractivity contribution in [3.05, 3.63) is 35.9 Å². The number of carbonyl (C=O) groups is 1. The number of alkyl carbamates (subject to hydrolysis) is 1. The highest BCUT2D eigenvalue weighted by Gasteiger charge is 2.34. The van der Waals surface area contributed by atoms with Crippen LogP contribution in [0.2, 0.25) is 0 Å². The zero-order valence-electron chi connectivity index (χ0n) is 13.5. The fraction of sp³-hybridized carbons (Fsp3) is 0.588. The number of carbonyl (C=O) groups excluding carboxylic acids is 1. The maximum Gasteiger partial charge on any atom is 0.407 e.